The molecule has 0 bridgehead atoms. The average Bonchev–Trinajstić information content (AvgIpc) is 2.66. The molecule has 5 nitrogen and oxygen atoms in total. The minimum atomic E-state index is -4.34. The lowest BCUT2D eigenvalue weighted by atomic mass is 10.1. The zero-order valence-electron chi connectivity index (χ0n) is 15.4. The molecule has 0 aliphatic carbocycles. The van der Waals surface area contributed by atoms with Gasteiger partial charge in [0, 0.05) is 25.3 Å². The molecule has 27 heavy (non-hydrogen) atoms. The van der Waals surface area contributed by atoms with Crippen LogP contribution in [0.25, 0.3) is 0 Å². The van der Waals surface area contributed by atoms with Gasteiger partial charge in [-0.15, -0.1) is 0 Å². The first-order valence-electron chi connectivity index (χ1n) is 8.32. The first kappa shape index (κ1) is 20.4. The van der Waals surface area contributed by atoms with Crippen molar-refractivity contribution in [3.8, 4) is 11.5 Å². The number of ether oxygens (including phenoxy) is 2. The molecule has 0 radical (unpaired) electrons. The molecule has 2 aromatic carbocycles. The normalized spacial score (nSPS) is 11.9. The highest BCUT2D eigenvalue weighted by Crippen LogP contribution is 2.30. The Hall–Kier alpha value is -2.90. The van der Waals surface area contributed by atoms with E-state index in [0.717, 1.165) is 17.8 Å². The monoisotopic (exact) mass is 381 g/mol. The van der Waals surface area contributed by atoms with Gasteiger partial charge in [0.2, 0.25) is 0 Å². The average molecular weight is 381 g/mol. The SMILES string of the molecule is CCOc1ccc(NC(=NC)NCc2ccc(C(F)(F)F)cc2)cc1OC. The number of nitrogens with zero attached hydrogens (tertiary/aromatic N) is 1. The number of aliphatic imine (C=N–C) groups is 1. The van der Waals surface area contributed by atoms with Crippen LogP contribution < -0.4 is 20.1 Å². The van der Waals surface area contributed by atoms with Gasteiger partial charge in [0.25, 0.3) is 0 Å². The van der Waals surface area contributed by atoms with E-state index in [1.54, 1.807) is 26.3 Å². The van der Waals surface area contributed by atoms with E-state index in [2.05, 4.69) is 15.6 Å². The predicted molar refractivity (Wildman–Crippen MR) is 99.4 cm³/mol. The lowest BCUT2D eigenvalue weighted by Gasteiger charge is -2.15. The second-order valence-corrected chi connectivity index (χ2v) is 5.54. The molecule has 0 spiro atoms. The van der Waals surface area contributed by atoms with Crippen molar-refractivity contribution in [1.82, 2.24) is 5.32 Å². The molecule has 2 aromatic rings. The van der Waals surface area contributed by atoms with Gasteiger partial charge >= 0.3 is 6.18 Å². The Morgan fingerprint density at radius 3 is 2.33 bits per heavy atom. The largest absolute Gasteiger partial charge is 0.493 e. The fourth-order valence-corrected chi connectivity index (χ4v) is 2.33. The van der Waals surface area contributed by atoms with Gasteiger partial charge in [0.05, 0.1) is 19.3 Å². The third kappa shape index (κ3) is 5.80. The molecule has 0 heterocycles. The smallest absolute Gasteiger partial charge is 0.416 e. The summed E-state index contributed by atoms with van der Waals surface area (Å²) in [6.45, 7) is 2.74. The van der Waals surface area contributed by atoms with Gasteiger partial charge in [-0.05, 0) is 36.8 Å². The van der Waals surface area contributed by atoms with Crippen molar-refractivity contribution in [2.75, 3.05) is 26.1 Å². The Morgan fingerprint density at radius 1 is 1.07 bits per heavy atom. The molecule has 0 aromatic heterocycles. The summed E-state index contributed by atoms with van der Waals surface area (Å²) in [5, 5.41) is 6.16. The Labute approximate surface area is 156 Å². The number of guanidine groups is 1. The van der Waals surface area contributed by atoms with Crippen LogP contribution in [0, 0.1) is 0 Å². The number of halogens is 3. The van der Waals surface area contributed by atoms with Crippen LogP contribution in [0.5, 0.6) is 11.5 Å². The molecular weight excluding hydrogens is 359 g/mol. The Balaban J connectivity index is 2.00. The van der Waals surface area contributed by atoms with E-state index in [1.807, 2.05) is 13.0 Å². The quantitative estimate of drug-likeness (QED) is 0.579. The summed E-state index contributed by atoms with van der Waals surface area (Å²) in [5.74, 6) is 1.69. The molecule has 0 saturated heterocycles. The van der Waals surface area contributed by atoms with Crippen LogP contribution in [-0.4, -0.2) is 26.7 Å². The maximum absolute atomic E-state index is 12.6. The summed E-state index contributed by atoms with van der Waals surface area (Å²) in [5.41, 5.74) is 0.765. The molecule has 0 aliphatic rings. The van der Waals surface area contributed by atoms with Crippen LogP contribution in [0.3, 0.4) is 0 Å². The molecule has 8 heteroatoms. The number of alkyl halides is 3. The van der Waals surface area contributed by atoms with Crippen molar-refractivity contribution in [2.24, 2.45) is 4.99 Å². The number of nitrogens with one attached hydrogen (secondary N) is 2. The first-order valence-corrected chi connectivity index (χ1v) is 8.32. The molecule has 0 saturated carbocycles. The van der Waals surface area contributed by atoms with E-state index in [4.69, 9.17) is 9.47 Å². The third-order valence-electron chi connectivity index (χ3n) is 3.69. The van der Waals surface area contributed by atoms with Crippen molar-refractivity contribution >= 4 is 11.6 Å². The molecule has 0 aliphatic heterocycles. The molecule has 0 amide bonds. The van der Waals surface area contributed by atoms with Crippen LogP contribution >= 0.6 is 0 Å². The van der Waals surface area contributed by atoms with E-state index in [9.17, 15) is 13.2 Å². The number of hydrogen-bond acceptors (Lipinski definition) is 3. The number of hydrogen-bond donors (Lipinski definition) is 2. The topological polar surface area (TPSA) is 54.9 Å². The summed E-state index contributed by atoms with van der Waals surface area (Å²) < 4.78 is 48.6. The van der Waals surface area contributed by atoms with Crippen LogP contribution in [-0.2, 0) is 12.7 Å². The second-order valence-electron chi connectivity index (χ2n) is 5.54. The highest BCUT2D eigenvalue weighted by molar-refractivity contribution is 5.93. The van der Waals surface area contributed by atoms with Gasteiger partial charge in [-0.2, -0.15) is 13.2 Å². The summed E-state index contributed by atoms with van der Waals surface area (Å²) in [4.78, 5) is 4.11. The van der Waals surface area contributed by atoms with Crippen LogP contribution in [0.15, 0.2) is 47.5 Å². The fourth-order valence-electron chi connectivity index (χ4n) is 2.33. The van der Waals surface area contributed by atoms with Gasteiger partial charge in [-0.1, -0.05) is 12.1 Å². The standard InChI is InChI=1S/C19H22F3N3O2/c1-4-27-16-10-9-15(11-17(16)26-3)25-18(23-2)24-12-13-5-7-14(8-6-13)19(20,21)22/h5-11H,4,12H2,1-3H3,(H2,23,24,25). The van der Waals surface area contributed by atoms with Crippen molar-refractivity contribution in [3.05, 3.63) is 53.6 Å². The maximum atomic E-state index is 12.6. The molecule has 0 unspecified atom stereocenters. The van der Waals surface area contributed by atoms with Gasteiger partial charge < -0.3 is 20.1 Å². The van der Waals surface area contributed by atoms with E-state index in [0.29, 0.717) is 36.2 Å². The van der Waals surface area contributed by atoms with E-state index in [-0.39, 0.29) is 0 Å². The molecular formula is C19H22F3N3O2. The third-order valence-corrected chi connectivity index (χ3v) is 3.69. The Bertz CT molecular complexity index is 775. The number of methoxy groups -OCH3 is 1. The summed E-state index contributed by atoms with van der Waals surface area (Å²) in [6.07, 6.45) is -4.34. The summed E-state index contributed by atoms with van der Waals surface area (Å²) in [7, 11) is 3.16. The maximum Gasteiger partial charge on any atom is 0.416 e. The van der Waals surface area contributed by atoms with Crippen molar-refractivity contribution in [3.63, 3.8) is 0 Å². The van der Waals surface area contributed by atoms with Gasteiger partial charge in [-0.3, -0.25) is 4.99 Å². The molecule has 2 N–H and O–H groups in total. The number of anilines is 1. The minimum Gasteiger partial charge on any atom is -0.493 e. The molecule has 0 atom stereocenters. The molecule has 2 rings (SSSR count). The van der Waals surface area contributed by atoms with Crippen LogP contribution in [0.4, 0.5) is 18.9 Å². The van der Waals surface area contributed by atoms with Gasteiger partial charge in [0.15, 0.2) is 17.5 Å². The Kier molecular flexibility index (Phi) is 6.92. The first-order chi connectivity index (χ1) is 12.9. The zero-order chi connectivity index (χ0) is 19.9. The second kappa shape index (κ2) is 9.16. The predicted octanol–water partition coefficient (Wildman–Crippen LogP) is 4.30. The summed E-state index contributed by atoms with van der Waals surface area (Å²) in [6, 6.07) is 10.4. The lowest BCUT2D eigenvalue weighted by molar-refractivity contribution is -0.137. The Morgan fingerprint density at radius 2 is 1.78 bits per heavy atom. The van der Waals surface area contributed by atoms with E-state index in [1.165, 1.54) is 12.1 Å². The molecule has 0 fully saturated rings. The van der Waals surface area contributed by atoms with Crippen LogP contribution in [0.1, 0.15) is 18.1 Å². The number of rotatable bonds is 6. The van der Waals surface area contributed by atoms with Crippen molar-refractivity contribution in [2.45, 2.75) is 19.6 Å². The fraction of sp³-hybridized carbons (Fsp3) is 0.316. The van der Waals surface area contributed by atoms with E-state index >= 15 is 0 Å². The van der Waals surface area contributed by atoms with Crippen molar-refractivity contribution < 1.29 is 22.6 Å². The number of benzene rings is 2. The highest BCUT2D eigenvalue weighted by Gasteiger charge is 2.29. The lowest BCUT2D eigenvalue weighted by Crippen LogP contribution is -2.30. The van der Waals surface area contributed by atoms with Gasteiger partial charge in [0.1, 0.15) is 0 Å². The molecule has 146 valence electrons. The highest BCUT2D eigenvalue weighted by atomic mass is 19.4. The minimum absolute atomic E-state index is 0.325. The van der Waals surface area contributed by atoms with Crippen molar-refractivity contribution in [1.29, 1.82) is 0 Å². The van der Waals surface area contributed by atoms with E-state index < -0.39 is 11.7 Å². The summed E-state index contributed by atoms with van der Waals surface area (Å²) >= 11 is 0. The van der Waals surface area contributed by atoms with Gasteiger partial charge in [-0.25, -0.2) is 0 Å². The zero-order valence-corrected chi connectivity index (χ0v) is 15.4. The van der Waals surface area contributed by atoms with Crippen LogP contribution in [0.2, 0.25) is 0 Å².